The Morgan fingerprint density at radius 2 is 2.00 bits per heavy atom. The molecule has 0 spiro atoms. The Morgan fingerprint density at radius 3 is 2.55 bits per heavy atom. The van der Waals surface area contributed by atoms with Gasteiger partial charge in [-0.05, 0) is 32.4 Å². The van der Waals surface area contributed by atoms with Crippen LogP contribution in [0.2, 0.25) is 0 Å². The van der Waals surface area contributed by atoms with Crippen LogP contribution in [0, 0.1) is 5.92 Å². The third-order valence-corrected chi connectivity index (χ3v) is 4.63. The van der Waals surface area contributed by atoms with Crippen molar-refractivity contribution in [3.63, 3.8) is 0 Å². The Hall–Kier alpha value is -1.91. The molecule has 0 radical (unpaired) electrons. The summed E-state index contributed by atoms with van der Waals surface area (Å²) in [4.78, 5) is 32.5. The minimum atomic E-state index is -0.209. The summed E-state index contributed by atoms with van der Waals surface area (Å²) in [5.74, 6) is 0.422. The van der Waals surface area contributed by atoms with E-state index in [0.29, 0.717) is 18.9 Å². The van der Waals surface area contributed by atoms with Gasteiger partial charge in [0, 0.05) is 49.9 Å². The lowest BCUT2D eigenvalue weighted by atomic mass is 9.91. The first kappa shape index (κ1) is 15.0. The number of hydrogen-bond acceptors (Lipinski definition) is 3. The summed E-state index contributed by atoms with van der Waals surface area (Å²) in [7, 11) is 0. The van der Waals surface area contributed by atoms with Crippen molar-refractivity contribution >= 4 is 11.8 Å². The first-order valence-corrected chi connectivity index (χ1v) is 7.85. The summed E-state index contributed by atoms with van der Waals surface area (Å²) in [5, 5.41) is 0. The molecular weight excluding hydrogens is 278 g/mol. The molecule has 22 heavy (non-hydrogen) atoms. The molecule has 0 saturated carbocycles. The van der Waals surface area contributed by atoms with Gasteiger partial charge in [-0.25, -0.2) is 0 Å². The van der Waals surface area contributed by atoms with Crippen LogP contribution in [-0.2, 0) is 9.59 Å². The molecule has 5 nitrogen and oxygen atoms in total. The van der Waals surface area contributed by atoms with Crippen molar-refractivity contribution in [2.24, 2.45) is 5.92 Å². The predicted molar refractivity (Wildman–Crippen MR) is 83.1 cm³/mol. The van der Waals surface area contributed by atoms with Gasteiger partial charge >= 0.3 is 0 Å². The van der Waals surface area contributed by atoms with Crippen molar-refractivity contribution in [2.45, 2.75) is 38.6 Å². The van der Waals surface area contributed by atoms with Gasteiger partial charge in [-0.15, -0.1) is 0 Å². The molecule has 0 unspecified atom stereocenters. The fourth-order valence-electron chi connectivity index (χ4n) is 3.27. The van der Waals surface area contributed by atoms with Crippen LogP contribution in [0.3, 0.4) is 0 Å². The average molecular weight is 301 g/mol. The highest BCUT2D eigenvalue weighted by atomic mass is 16.2. The number of hydrogen-bond donors (Lipinski definition) is 0. The van der Waals surface area contributed by atoms with Crippen molar-refractivity contribution in [1.82, 2.24) is 14.8 Å². The maximum absolute atomic E-state index is 12.6. The highest BCUT2D eigenvalue weighted by Gasteiger charge is 2.43. The lowest BCUT2D eigenvalue weighted by Gasteiger charge is -2.41. The summed E-state index contributed by atoms with van der Waals surface area (Å²) < 4.78 is 0. The minimum Gasteiger partial charge on any atom is -0.341 e. The molecular formula is C17H23N3O2. The van der Waals surface area contributed by atoms with E-state index in [2.05, 4.69) is 11.1 Å². The number of pyridine rings is 1. The zero-order chi connectivity index (χ0) is 15.9. The number of nitrogens with zero attached hydrogens (tertiary/aromatic N) is 3. The lowest BCUT2D eigenvalue weighted by molar-refractivity contribution is -0.140. The highest BCUT2D eigenvalue weighted by molar-refractivity contribution is 5.90. The Labute approximate surface area is 131 Å². The van der Waals surface area contributed by atoms with Gasteiger partial charge in [0.2, 0.25) is 11.8 Å². The molecule has 0 aromatic carbocycles. The Balaban J connectivity index is 1.57. The van der Waals surface area contributed by atoms with E-state index >= 15 is 0 Å². The van der Waals surface area contributed by atoms with Crippen LogP contribution in [0.4, 0.5) is 0 Å². The summed E-state index contributed by atoms with van der Waals surface area (Å²) in [6.45, 7) is 8.07. The molecule has 5 heteroatoms. The SMILES string of the molecule is CC(C)(C)N1C[C@H](C(=O)N2CC(c3cccnc3)C2)CC1=O. The van der Waals surface area contributed by atoms with E-state index in [-0.39, 0.29) is 23.3 Å². The number of amides is 2. The zero-order valence-electron chi connectivity index (χ0n) is 13.5. The average Bonchev–Trinajstić information content (AvgIpc) is 2.80. The molecule has 2 saturated heterocycles. The van der Waals surface area contributed by atoms with Crippen molar-refractivity contribution < 1.29 is 9.59 Å². The summed E-state index contributed by atoms with van der Waals surface area (Å²) in [5.41, 5.74) is 0.977. The smallest absolute Gasteiger partial charge is 0.228 e. The maximum atomic E-state index is 12.6. The van der Waals surface area contributed by atoms with Crippen molar-refractivity contribution in [3.05, 3.63) is 30.1 Å². The van der Waals surface area contributed by atoms with E-state index in [1.54, 1.807) is 6.20 Å². The van der Waals surface area contributed by atoms with Crippen LogP contribution in [0.5, 0.6) is 0 Å². The predicted octanol–water partition coefficient (Wildman–Crippen LogP) is 1.65. The molecule has 2 amide bonds. The second kappa shape index (κ2) is 5.38. The quantitative estimate of drug-likeness (QED) is 0.834. The highest BCUT2D eigenvalue weighted by Crippen LogP contribution is 2.32. The van der Waals surface area contributed by atoms with Crippen LogP contribution in [0.15, 0.2) is 24.5 Å². The molecule has 2 fully saturated rings. The second-order valence-electron chi connectivity index (χ2n) is 7.30. The number of carbonyl (C=O) groups is 2. The van der Waals surface area contributed by atoms with E-state index in [4.69, 9.17) is 0 Å². The summed E-state index contributed by atoms with van der Waals surface area (Å²) in [6, 6.07) is 3.98. The van der Waals surface area contributed by atoms with E-state index in [9.17, 15) is 9.59 Å². The Morgan fingerprint density at radius 1 is 1.27 bits per heavy atom. The topological polar surface area (TPSA) is 53.5 Å². The van der Waals surface area contributed by atoms with Gasteiger partial charge in [0.05, 0.1) is 5.92 Å². The number of rotatable bonds is 2. The van der Waals surface area contributed by atoms with Crippen LogP contribution in [-0.4, -0.2) is 51.8 Å². The fraction of sp³-hybridized carbons (Fsp3) is 0.588. The van der Waals surface area contributed by atoms with Crippen molar-refractivity contribution in [2.75, 3.05) is 19.6 Å². The molecule has 3 heterocycles. The molecule has 118 valence electrons. The van der Waals surface area contributed by atoms with Gasteiger partial charge in [0.15, 0.2) is 0 Å². The molecule has 0 bridgehead atoms. The molecule has 2 aliphatic heterocycles. The van der Waals surface area contributed by atoms with Crippen LogP contribution in [0.25, 0.3) is 0 Å². The van der Waals surface area contributed by atoms with Crippen LogP contribution < -0.4 is 0 Å². The second-order valence-corrected chi connectivity index (χ2v) is 7.30. The largest absolute Gasteiger partial charge is 0.341 e. The van der Waals surface area contributed by atoms with Gasteiger partial charge < -0.3 is 9.80 Å². The first-order chi connectivity index (χ1) is 10.4. The molecule has 1 atom stereocenters. The van der Waals surface area contributed by atoms with Gasteiger partial charge in [0.1, 0.15) is 0 Å². The molecule has 0 N–H and O–H groups in total. The van der Waals surface area contributed by atoms with E-state index < -0.39 is 0 Å². The van der Waals surface area contributed by atoms with Gasteiger partial charge in [0.25, 0.3) is 0 Å². The zero-order valence-corrected chi connectivity index (χ0v) is 13.5. The number of aromatic nitrogens is 1. The van der Waals surface area contributed by atoms with Crippen molar-refractivity contribution in [1.29, 1.82) is 0 Å². The summed E-state index contributed by atoms with van der Waals surface area (Å²) >= 11 is 0. The Kier molecular flexibility index (Phi) is 3.67. The van der Waals surface area contributed by atoms with Crippen LogP contribution >= 0.6 is 0 Å². The fourth-order valence-corrected chi connectivity index (χ4v) is 3.27. The van der Waals surface area contributed by atoms with E-state index in [1.165, 1.54) is 5.56 Å². The van der Waals surface area contributed by atoms with Gasteiger partial charge in [-0.1, -0.05) is 6.07 Å². The number of likely N-dealkylation sites (tertiary alicyclic amines) is 2. The molecule has 1 aromatic heterocycles. The van der Waals surface area contributed by atoms with Crippen LogP contribution in [0.1, 0.15) is 38.7 Å². The maximum Gasteiger partial charge on any atom is 0.228 e. The molecule has 3 rings (SSSR count). The van der Waals surface area contributed by atoms with Gasteiger partial charge in [-0.3, -0.25) is 14.6 Å². The lowest BCUT2D eigenvalue weighted by Crippen LogP contribution is -2.51. The standard InChI is InChI=1S/C17H23N3O2/c1-17(2,3)20-11-13(7-15(20)21)16(22)19-9-14(10-19)12-5-4-6-18-8-12/h4-6,8,13-14H,7,9-11H2,1-3H3/t13-/m1/s1. The Bertz CT molecular complexity index is 573. The van der Waals surface area contributed by atoms with Crippen molar-refractivity contribution in [3.8, 4) is 0 Å². The normalized spacial score (nSPS) is 22.9. The van der Waals surface area contributed by atoms with Gasteiger partial charge in [-0.2, -0.15) is 0 Å². The third-order valence-electron chi connectivity index (χ3n) is 4.63. The third kappa shape index (κ3) is 2.72. The molecule has 0 aliphatic carbocycles. The van der Waals surface area contributed by atoms with E-state index in [0.717, 1.165) is 13.1 Å². The first-order valence-electron chi connectivity index (χ1n) is 7.85. The molecule has 1 aromatic rings. The monoisotopic (exact) mass is 301 g/mol. The van der Waals surface area contributed by atoms with E-state index in [1.807, 2.05) is 42.8 Å². The molecule has 2 aliphatic rings. The number of carbonyl (C=O) groups excluding carboxylic acids is 2. The summed E-state index contributed by atoms with van der Waals surface area (Å²) in [6.07, 6.45) is 3.98. The minimum absolute atomic E-state index is 0.0928.